The van der Waals surface area contributed by atoms with Gasteiger partial charge in [-0.3, -0.25) is 4.79 Å². The molecule has 0 saturated carbocycles. The monoisotopic (exact) mass is 234 g/mol. The SMILES string of the molecule is Cc1nc(C2CCCN(C)C2)ncc1C(N)=O. The van der Waals surface area contributed by atoms with E-state index in [9.17, 15) is 4.79 Å². The van der Waals surface area contributed by atoms with Crippen LogP contribution in [0, 0.1) is 6.92 Å². The Bertz CT molecular complexity index is 433. The van der Waals surface area contributed by atoms with E-state index in [4.69, 9.17) is 5.73 Å². The molecule has 0 radical (unpaired) electrons. The summed E-state index contributed by atoms with van der Waals surface area (Å²) in [7, 11) is 2.11. The van der Waals surface area contributed by atoms with Crippen LogP contribution in [0.15, 0.2) is 6.20 Å². The molecule has 2 N–H and O–H groups in total. The number of nitrogens with zero attached hydrogens (tertiary/aromatic N) is 3. The van der Waals surface area contributed by atoms with Crippen LogP contribution in [-0.4, -0.2) is 40.9 Å². The molecule has 1 amide bonds. The van der Waals surface area contributed by atoms with E-state index in [0.717, 1.165) is 25.3 Å². The maximum atomic E-state index is 11.1. The van der Waals surface area contributed by atoms with E-state index < -0.39 is 5.91 Å². The first-order valence-corrected chi connectivity index (χ1v) is 5.90. The molecule has 1 atom stereocenters. The maximum Gasteiger partial charge on any atom is 0.252 e. The van der Waals surface area contributed by atoms with Gasteiger partial charge in [0.2, 0.25) is 0 Å². The quantitative estimate of drug-likeness (QED) is 0.817. The van der Waals surface area contributed by atoms with Crippen molar-refractivity contribution in [3.8, 4) is 0 Å². The molecule has 1 aliphatic heterocycles. The van der Waals surface area contributed by atoms with Crippen LogP contribution in [0.4, 0.5) is 0 Å². The van der Waals surface area contributed by atoms with Crippen molar-refractivity contribution in [2.24, 2.45) is 5.73 Å². The minimum Gasteiger partial charge on any atom is -0.365 e. The number of aryl methyl sites for hydroxylation is 1. The fraction of sp³-hybridized carbons (Fsp3) is 0.583. The molecule has 92 valence electrons. The summed E-state index contributed by atoms with van der Waals surface area (Å²) >= 11 is 0. The second-order valence-electron chi connectivity index (χ2n) is 4.69. The van der Waals surface area contributed by atoms with Gasteiger partial charge >= 0.3 is 0 Å². The first-order chi connectivity index (χ1) is 8.08. The zero-order valence-corrected chi connectivity index (χ0v) is 10.3. The molecular weight excluding hydrogens is 216 g/mol. The highest BCUT2D eigenvalue weighted by molar-refractivity contribution is 5.93. The van der Waals surface area contributed by atoms with Crippen LogP contribution in [-0.2, 0) is 0 Å². The number of carbonyl (C=O) groups excluding carboxylic acids is 1. The fourth-order valence-electron chi connectivity index (χ4n) is 2.30. The smallest absolute Gasteiger partial charge is 0.252 e. The lowest BCUT2D eigenvalue weighted by Gasteiger charge is -2.28. The highest BCUT2D eigenvalue weighted by Crippen LogP contribution is 2.23. The second kappa shape index (κ2) is 4.79. The van der Waals surface area contributed by atoms with Crippen molar-refractivity contribution in [2.75, 3.05) is 20.1 Å². The van der Waals surface area contributed by atoms with Crippen LogP contribution < -0.4 is 5.73 Å². The minimum atomic E-state index is -0.463. The molecule has 17 heavy (non-hydrogen) atoms. The highest BCUT2D eigenvalue weighted by atomic mass is 16.1. The number of piperidine rings is 1. The molecule has 1 saturated heterocycles. The number of primary amides is 1. The minimum absolute atomic E-state index is 0.370. The molecule has 1 unspecified atom stereocenters. The van der Waals surface area contributed by atoms with Gasteiger partial charge in [-0.05, 0) is 33.4 Å². The van der Waals surface area contributed by atoms with Crippen molar-refractivity contribution in [3.05, 3.63) is 23.3 Å². The summed E-state index contributed by atoms with van der Waals surface area (Å²) in [5.41, 5.74) is 6.33. The van der Waals surface area contributed by atoms with Crippen LogP contribution in [0.3, 0.4) is 0 Å². The highest BCUT2D eigenvalue weighted by Gasteiger charge is 2.22. The zero-order valence-electron chi connectivity index (χ0n) is 10.3. The predicted molar refractivity (Wildman–Crippen MR) is 64.8 cm³/mol. The van der Waals surface area contributed by atoms with Gasteiger partial charge in [0.15, 0.2) is 0 Å². The number of amides is 1. The summed E-state index contributed by atoms with van der Waals surface area (Å²) in [4.78, 5) is 22.1. The Kier molecular flexibility index (Phi) is 3.38. The molecule has 0 bridgehead atoms. The van der Waals surface area contributed by atoms with E-state index in [2.05, 4.69) is 21.9 Å². The maximum absolute atomic E-state index is 11.1. The lowest BCUT2D eigenvalue weighted by molar-refractivity contribution is 0.0999. The Labute approximate surface area is 101 Å². The molecule has 0 aromatic carbocycles. The summed E-state index contributed by atoms with van der Waals surface area (Å²) in [5, 5.41) is 0. The molecule has 0 aliphatic carbocycles. The number of nitrogens with two attached hydrogens (primary N) is 1. The predicted octanol–water partition coefficient (Wildman–Crippen LogP) is 0.693. The average Bonchev–Trinajstić information content (AvgIpc) is 2.28. The van der Waals surface area contributed by atoms with Crippen LogP contribution in [0.5, 0.6) is 0 Å². The number of likely N-dealkylation sites (tertiary alicyclic amines) is 1. The number of hydrogen-bond acceptors (Lipinski definition) is 4. The van der Waals surface area contributed by atoms with Gasteiger partial charge in [-0.15, -0.1) is 0 Å². The van der Waals surface area contributed by atoms with E-state index in [1.165, 1.54) is 6.42 Å². The van der Waals surface area contributed by atoms with E-state index in [1.54, 1.807) is 13.1 Å². The van der Waals surface area contributed by atoms with E-state index in [0.29, 0.717) is 17.2 Å². The zero-order chi connectivity index (χ0) is 12.4. The van der Waals surface area contributed by atoms with Crippen molar-refractivity contribution in [1.82, 2.24) is 14.9 Å². The van der Waals surface area contributed by atoms with E-state index in [1.807, 2.05) is 0 Å². The lowest BCUT2D eigenvalue weighted by atomic mass is 9.97. The fourth-order valence-corrected chi connectivity index (χ4v) is 2.30. The standard InChI is InChI=1S/C12H18N4O/c1-8-10(11(13)17)6-14-12(15-8)9-4-3-5-16(2)7-9/h6,9H,3-5,7H2,1-2H3,(H2,13,17). The van der Waals surface area contributed by atoms with E-state index in [-0.39, 0.29) is 0 Å². The third-order valence-electron chi connectivity index (χ3n) is 3.25. The third-order valence-corrected chi connectivity index (χ3v) is 3.25. The van der Waals surface area contributed by atoms with Crippen molar-refractivity contribution in [3.63, 3.8) is 0 Å². The summed E-state index contributed by atoms with van der Waals surface area (Å²) in [6, 6.07) is 0. The summed E-state index contributed by atoms with van der Waals surface area (Å²) in [6.07, 6.45) is 3.83. The number of likely N-dealkylation sites (N-methyl/N-ethyl adjacent to an activating group) is 1. The average molecular weight is 234 g/mol. The van der Waals surface area contributed by atoms with Crippen molar-refractivity contribution >= 4 is 5.91 Å². The van der Waals surface area contributed by atoms with Gasteiger partial charge in [0.25, 0.3) is 5.91 Å². The largest absolute Gasteiger partial charge is 0.365 e. The first-order valence-electron chi connectivity index (χ1n) is 5.90. The molecule has 2 rings (SSSR count). The number of aromatic nitrogens is 2. The Morgan fingerprint density at radius 2 is 2.35 bits per heavy atom. The summed E-state index contributed by atoms with van der Waals surface area (Å²) in [5.74, 6) is 0.739. The van der Waals surface area contributed by atoms with Gasteiger partial charge < -0.3 is 10.6 Å². The topological polar surface area (TPSA) is 72.1 Å². The normalized spacial score (nSPS) is 21.4. The van der Waals surface area contributed by atoms with Gasteiger partial charge in [0.05, 0.1) is 11.3 Å². The second-order valence-corrected chi connectivity index (χ2v) is 4.69. The lowest BCUT2D eigenvalue weighted by Crippen LogP contribution is -2.32. The Balaban J connectivity index is 2.22. The van der Waals surface area contributed by atoms with Gasteiger partial charge in [0, 0.05) is 18.7 Å². The van der Waals surface area contributed by atoms with Crippen LogP contribution in [0.25, 0.3) is 0 Å². The molecule has 0 spiro atoms. The van der Waals surface area contributed by atoms with Gasteiger partial charge in [0.1, 0.15) is 5.82 Å². The van der Waals surface area contributed by atoms with Crippen LogP contribution >= 0.6 is 0 Å². The van der Waals surface area contributed by atoms with Crippen LogP contribution in [0.2, 0.25) is 0 Å². The van der Waals surface area contributed by atoms with Gasteiger partial charge in [-0.25, -0.2) is 9.97 Å². The van der Waals surface area contributed by atoms with E-state index >= 15 is 0 Å². The molecule has 1 aliphatic rings. The van der Waals surface area contributed by atoms with Gasteiger partial charge in [-0.1, -0.05) is 0 Å². The van der Waals surface area contributed by atoms with Gasteiger partial charge in [-0.2, -0.15) is 0 Å². The number of carbonyl (C=O) groups is 1. The Morgan fingerprint density at radius 3 is 2.94 bits per heavy atom. The first kappa shape index (κ1) is 12.0. The number of hydrogen-bond donors (Lipinski definition) is 1. The van der Waals surface area contributed by atoms with Crippen molar-refractivity contribution < 1.29 is 4.79 Å². The Morgan fingerprint density at radius 1 is 1.59 bits per heavy atom. The molecule has 2 heterocycles. The summed E-state index contributed by atoms with van der Waals surface area (Å²) in [6.45, 7) is 3.92. The van der Waals surface area contributed by atoms with Crippen molar-refractivity contribution in [2.45, 2.75) is 25.7 Å². The molecule has 5 heteroatoms. The Hall–Kier alpha value is -1.49. The molecule has 5 nitrogen and oxygen atoms in total. The van der Waals surface area contributed by atoms with Crippen molar-refractivity contribution in [1.29, 1.82) is 0 Å². The summed E-state index contributed by atoms with van der Waals surface area (Å²) < 4.78 is 0. The molecule has 1 aromatic rings. The van der Waals surface area contributed by atoms with Crippen LogP contribution in [0.1, 0.15) is 40.6 Å². The third kappa shape index (κ3) is 2.61. The number of rotatable bonds is 2. The molecule has 1 aromatic heterocycles. The molecular formula is C12H18N4O. The molecule has 1 fully saturated rings.